The first kappa shape index (κ1) is 13.5. The molecule has 0 atom stereocenters. The summed E-state index contributed by atoms with van der Waals surface area (Å²) < 4.78 is 1.09. The van der Waals surface area contributed by atoms with Gasteiger partial charge in [-0.05, 0) is 71.3 Å². The van der Waals surface area contributed by atoms with E-state index in [4.69, 9.17) is 0 Å². The van der Waals surface area contributed by atoms with E-state index < -0.39 is 0 Å². The number of halogens is 1. The Morgan fingerprint density at radius 3 is 2.65 bits per heavy atom. The Kier molecular flexibility index (Phi) is 4.00. The molecule has 1 fully saturated rings. The van der Waals surface area contributed by atoms with E-state index >= 15 is 0 Å². The van der Waals surface area contributed by atoms with Gasteiger partial charge in [0.25, 0.3) is 5.91 Å². The Morgan fingerprint density at radius 1 is 1.25 bits per heavy atom. The molecule has 0 saturated heterocycles. The first-order valence-corrected chi connectivity index (χ1v) is 7.77. The standard InChI is InChI=1S/C16H15IN2O/c17-14-3-1-2-13(10-14)16(20)19(15-4-5-15)11-12-6-8-18-9-7-12/h1-3,6-10,15H,4-5,11H2. The van der Waals surface area contributed by atoms with Crippen molar-refractivity contribution in [3.8, 4) is 0 Å². The molecule has 0 radical (unpaired) electrons. The topological polar surface area (TPSA) is 33.2 Å². The lowest BCUT2D eigenvalue weighted by molar-refractivity contribution is 0.0730. The minimum Gasteiger partial charge on any atom is -0.331 e. The van der Waals surface area contributed by atoms with E-state index in [1.165, 1.54) is 0 Å². The van der Waals surface area contributed by atoms with Crippen LogP contribution in [-0.2, 0) is 6.54 Å². The van der Waals surface area contributed by atoms with Crippen molar-refractivity contribution in [2.24, 2.45) is 0 Å². The molecule has 1 aliphatic rings. The molecule has 0 spiro atoms. The highest BCUT2D eigenvalue weighted by Crippen LogP contribution is 2.30. The van der Waals surface area contributed by atoms with Crippen molar-refractivity contribution in [3.63, 3.8) is 0 Å². The minimum absolute atomic E-state index is 0.128. The van der Waals surface area contributed by atoms with Gasteiger partial charge in [0.05, 0.1) is 0 Å². The summed E-state index contributed by atoms with van der Waals surface area (Å²) in [5.74, 6) is 0.128. The molecule has 4 heteroatoms. The van der Waals surface area contributed by atoms with Gasteiger partial charge in [-0.3, -0.25) is 9.78 Å². The summed E-state index contributed by atoms with van der Waals surface area (Å²) in [7, 11) is 0. The molecule has 0 unspecified atom stereocenters. The number of nitrogens with zero attached hydrogens (tertiary/aromatic N) is 2. The third-order valence-electron chi connectivity index (χ3n) is 3.42. The smallest absolute Gasteiger partial charge is 0.254 e. The second-order valence-corrected chi connectivity index (χ2v) is 6.28. The number of rotatable bonds is 4. The van der Waals surface area contributed by atoms with Crippen LogP contribution in [0.2, 0.25) is 0 Å². The number of pyridine rings is 1. The van der Waals surface area contributed by atoms with Crippen LogP contribution >= 0.6 is 22.6 Å². The molecule has 1 aromatic carbocycles. The van der Waals surface area contributed by atoms with E-state index in [9.17, 15) is 4.79 Å². The number of carbonyl (C=O) groups is 1. The maximum absolute atomic E-state index is 12.7. The molecule has 1 saturated carbocycles. The molecule has 1 aliphatic carbocycles. The predicted molar refractivity (Wildman–Crippen MR) is 86.3 cm³/mol. The van der Waals surface area contributed by atoms with Crippen molar-refractivity contribution >= 4 is 28.5 Å². The highest BCUT2D eigenvalue weighted by molar-refractivity contribution is 14.1. The third kappa shape index (κ3) is 3.17. The van der Waals surface area contributed by atoms with Gasteiger partial charge in [0.2, 0.25) is 0 Å². The SMILES string of the molecule is O=C(c1cccc(I)c1)N(Cc1ccncc1)C1CC1. The van der Waals surface area contributed by atoms with Crippen molar-refractivity contribution in [1.82, 2.24) is 9.88 Å². The fourth-order valence-corrected chi connectivity index (χ4v) is 2.77. The Labute approximate surface area is 132 Å². The zero-order valence-electron chi connectivity index (χ0n) is 11.0. The monoisotopic (exact) mass is 378 g/mol. The van der Waals surface area contributed by atoms with Gasteiger partial charge in [0.1, 0.15) is 0 Å². The fraction of sp³-hybridized carbons (Fsp3) is 0.250. The van der Waals surface area contributed by atoms with Crippen molar-refractivity contribution < 1.29 is 4.79 Å². The molecule has 3 rings (SSSR count). The van der Waals surface area contributed by atoms with Crippen LogP contribution in [0, 0.1) is 3.57 Å². The van der Waals surface area contributed by atoms with Gasteiger partial charge in [-0.2, -0.15) is 0 Å². The molecule has 1 amide bonds. The van der Waals surface area contributed by atoms with E-state index in [-0.39, 0.29) is 5.91 Å². The normalized spacial score (nSPS) is 14.1. The number of hydrogen-bond acceptors (Lipinski definition) is 2. The molecule has 102 valence electrons. The second-order valence-electron chi connectivity index (χ2n) is 5.03. The van der Waals surface area contributed by atoms with Crippen molar-refractivity contribution in [2.75, 3.05) is 0 Å². The molecular formula is C16H15IN2O. The van der Waals surface area contributed by atoms with E-state index in [0.29, 0.717) is 12.6 Å². The summed E-state index contributed by atoms with van der Waals surface area (Å²) in [6, 6.07) is 12.1. The maximum atomic E-state index is 12.7. The summed E-state index contributed by atoms with van der Waals surface area (Å²) in [6.45, 7) is 0.664. The molecule has 20 heavy (non-hydrogen) atoms. The lowest BCUT2D eigenvalue weighted by Gasteiger charge is -2.22. The van der Waals surface area contributed by atoms with Crippen LogP contribution in [0.4, 0.5) is 0 Å². The van der Waals surface area contributed by atoms with E-state index in [2.05, 4.69) is 27.6 Å². The van der Waals surface area contributed by atoms with Crippen LogP contribution in [0.25, 0.3) is 0 Å². The minimum atomic E-state index is 0.128. The zero-order chi connectivity index (χ0) is 13.9. The Balaban J connectivity index is 1.82. The molecule has 1 heterocycles. The molecule has 1 aromatic heterocycles. The van der Waals surface area contributed by atoms with E-state index in [0.717, 1.165) is 27.5 Å². The van der Waals surface area contributed by atoms with Gasteiger partial charge in [0, 0.05) is 34.1 Å². The highest BCUT2D eigenvalue weighted by Gasteiger charge is 2.33. The first-order valence-electron chi connectivity index (χ1n) is 6.69. The summed E-state index contributed by atoms with van der Waals surface area (Å²) in [5.41, 5.74) is 1.91. The van der Waals surface area contributed by atoms with Gasteiger partial charge in [-0.25, -0.2) is 0 Å². The van der Waals surface area contributed by atoms with E-state index in [1.54, 1.807) is 12.4 Å². The average Bonchev–Trinajstić information content (AvgIpc) is 3.30. The van der Waals surface area contributed by atoms with Crippen LogP contribution in [0.1, 0.15) is 28.8 Å². The highest BCUT2D eigenvalue weighted by atomic mass is 127. The fourth-order valence-electron chi connectivity index (χ4n) is 2.23. The Morgan fingerprint density at radius 2 is 2.00 bits per heavy atom. The van der Waals surface area contributed by atoms with Crippen molar-refractivity contribution in [1.29, 1.82) is 0 Å². The quantitative estimate of drug-likeness (QED) is 0.764. The molecule has 0 bridgehead atoms. The van der Waals surface area contributed by atoms with Gasteiger partial charge < -0.3 is 4.90 Å². The number of hydrogen-bond donors (Lipinski definition) is 0. The van der Waals surface area contributed by atoms with Crippen LogP contribution in [0.5, 0.6) is 0 Å². The second kappa shape index (κ2) is 5.91. The lowest BCUT2D eigenvalue weighted by atomic mass is 10.1. The lowest BCUT2D eigenvalue weighted by Crippen LogP contribution is -2.32. The van der Waals surface area contributed by atoms with E-state index in [1.807, 2.05) is 41.3 Å². The summed E-state index contributed by atoms with van der Waals surface area (Å²) in [4.78, 5) is 18.7. The number of benzene rings is 1. The largest absolute Gasteiger partial charge is 0.331 e. The van der Waals surface area contributed by atoms with Gasteiger partial charge in [-0.15, -0.1) is 0 Å². The van der Waals surface area contributed by atoms with Gasteiger partial charge >= 0.3 is 0 Å². The molecule has 0 aliphatic heterocycles. The van der Waals surface area contributed by atoms with Crippen molar-refractivity contribution in [3.05, 3.63) is 63.5 Å². The van der Waals surface area contributed by atoms with Crippen molar-refractivity contribution in [2.45, 2.75) is 25.4 Å². The Bertz CT molecular complexity index is 611. The van der Waals surface area contributed by atoms with Gasteiger partial charge in [-0.1, -0.05) is 6.07 Å². The zero-order valence-corrected chi connectivity index (χ0v) is 13.2. The van der Waals surface area contributed by atoms with Crippen LogP contribution in [0.15, 0.2) is 48.8 Å². The van der Waals surface area contributed by atoms with Crippen LogP contribution < -0.4 is 0 Å². The number of amides is 1. The maximum Gasteiger partial charge on any atom is 0.254 e. The molecule has 3 nitrogen and oxygen atoms in total. The Hall–Kier alpha value is -1.43. The summed E-state index contributed by atoms with van der Waals surface area (Å²) >= 11 is 2.24. The molecular weight excluding hydrogens is 363 g/mol. The molecule has 2 aromatic rings. The van der Waals surface area contributed by atoms with Gasteiger partial charge in [0.15, 0.2) is 0 Å². The number of carbonyl (C=O) groups excluding carboxylic acids is 1. The van der Waals surface area contributed by atoms with Crippen LogP contribution in [-0.4, -0.2) is 21.8 Å². The summed E-state index contributed by atoms with van der Waals surface area (Å²) in [5, 5.41) is 0. The first-order chi connectivity index (χ1) is 9.74. The summed E-state index contributed by atoms with van der Waals surface area (Å²) in [6.07, 6.45) is 5.77. The predicted octanol–water partition coefficient (Wildman–Crippen LogP) is 3.49. The average molecular weight is 378 g/mol. The van der Waals surface area contributed by atoms with Crippen LogP contribution in [0.3, 0.4) is 0 Å². The molecule has 0 N–H and O–H groups in total. The number of aromatic nitrogens is 1. The third-order valence-corrected chi connectivity index (χ3v) is 4.09.